The van der Waals surface area contributed by atoms with Crippen LogP contribution in [0.3, 0.4) is 0 Å². The van der Waals surface area contributed by atoms with Crippen molar-refractivity contribution < 1.29 is 9.53 Å². The Morgan fingerprint density at radius 1 is 1.32 bits per heavy atom. The summed E-state index contributed by atoms with van der Waals surface area (Å²) >= 11 is 0. The van der Waals surface area contributed by atoms with Crippen LogP contribution in [0.15, 0.2) is 30.3 Å². The summed E-state index contributed by atoms with van der Waals surface area (Å²) in [5, 5.41) is 0. The molecule has 1 aliphatic rings. The third kappa shape index (κ3) is 4.51. The van der Waals surface area contributed by atoms with Gasteiger partial charge in [0.05, 0.1) is 6.61 Å². The molecule has 1 unspecified atom stereocenters. The molecule has 1 aromatic rings. The zero-order chi connectivity index (χ0) is 12.8. The Kier molecular flexibility index (Phi) is 6.89. The second kappa shape index (κ2) is 8.18. The molecule has 106 valence electrons. The highest BCUT2D eigenvalue weighted by Crippen LogP contribution is 2.20. The van der Waals surface area contributed by atoms with Crippen LogP contribution < -0.4 is 0 Å². The number of nitrogens with zero attached hydrogens (tertiary/aromatic N) is 1. The topological polar surface area (TPSA) is 29.5 Å². The SMILES string of the molecule is CCOC(=O)C1CCCCN1Cc1ccccc1.Cl. The molecule has 0 spiro atoms. The Morgan fingerprint density at radius 3 is 2.74 bits per heavy atom. The van der Waals surface area contributed by atoms with Crippen molar-refractivity contribution >= 4 is 18.4 Å². The maximum Gasteiger partial charge on any atom is 0.323 e. The molecule has 0 bridgehead atoms. The average Bonchev–Trinajstić information content (AvgIpc) is 2.41. The second-order valence-electron chi connectivity index (χ2n) is 4.72. The van der Waals surface area contributed by atoms with E-state index in [-0.39, 0.29) is 24.4 Å². The summed E-state index contributed by atoms with van der Waals surface area (Å²) in [5.74, 6) is -0.0619. The number of benzene rings is 1. The van der Waals surface area contributed by atoms with Crippen LogP contribution in [0.5, 0.6) is 0 Å². The summed E-state index contributed by atoms with van der Waals surface area (Å²) in [6.45, 7) is 4.15. The van der Waals surface area contributed by atoms with Gasteiger partial charge in [-0.15, -0.1) is 12.4 Å². The minimum atomic E-state index is -0.0619. The first kappa shape index (κ1) is 16.0. The van der Waals surface area contributed by atoms with Gasteiger partial charge in [-0.05, 0) is 31.9 Å². The molecule has 1 fully saturated rings. The van der Waals surface area contributed by atoms with Gasteiger partial charge in [-0.1, -0.05) is 36.8 Å². The van der Waals surface area contributed by atoms with E-state index in [1.165, 1.54) is 12.0 Å². The smallest absolute Gasteiger partial charge is 0.323 e. The summed E-state index contributed by atoms with van der Waals surface area (Å²) in [7, 11) is 0. The largest absolute Gasteiger partial charge is 0.465 e. The first-order chi connectivity index (χ1) is 8.81. The van der Waals surface area contributed by atoms with E-state index in [1.807, 2.05) is 25.1 Å². The minimum absolute atomic E-state index is 0. The first-order valence-corrected chi connectivity index (χ1v) is 6.76. The molecule has 1 aliphatic heterocycles. The molecule has 0 N–H and O–H groups in total. The van der Waals surface area contributed by atoms with Crippen LogP contribution in [0.25, 0.3) is 0 Å². The molecule has 1 atom stereocenters. The number of ether oxygens (including phenoxy) is 1. The Hall–Kier alpha value is -1.06. The lowest BCUT2D eigenvalue weighted by atomic mass is 10.0. The fraction of sp³-hybridized carbons (Fsp3) is 0.533. The molecular weight excluding hydrogens is 262 g/mol. The zero-order valence-electron chi connectivity index (χ0n) is 11.4. The van der Waals surface area contributed by atoms with Crippen LogP contribution in [-0.4, -0.2) is 30.1 Å². The lowest BCUT2D eigenvalue weighted by Gasteiger charge is -2.33. The molecule has 1 aromatic carbocycles. The fourth-order valence-corrected chi connectivity index (χ4v) is 2.50. The molecular formula is C15H22ClNO2. The highest BCUT2D eigenvalue weighted by atomic mass is 35.5. The molecule has 0 saturated carbocycles. The lowest BCUT2D eigenvalue weighted by Crippen LogP contribution is -2.44. The normalized spacial score (nSPS) is 19.5. The maximum absolute atomic E-state index is 11.9. The van der Waals surface area contributed by atoms with Crippen molar-refractivity contribution in [2.24, 2.45) is 0 Å². The number of hydrogen-bond donors (Lipinski definition) is 0. The molecule has 0 aromatic heterocycles. The fourth-order valence-electron chi connectivity index (χ4n) is 2.50. The third-order valence-electron chi connectivity index (χ3n) is 3.40. The number of carbonyl (C=O) groups is 1. The molecule has 0 radical (unpaired) electrons. The first-order valence-electron chi connectivity index (χ1n) is 6.76. The molecule has 3 nitrogen and oxygen atoms in total. The Balaban J connectivity index is 0.00000180. The molecule has 19 heavy (non-hydrogen) atoms. The van der Waals surface area contributed by atoms with Gasteiger partial charge in [0.25, 0.3) is 0 Å². The van der Waals surface area contributed by atoms with Gasteiger partial charge in [-0.2, -0.15) is 0 Å². The summed E-state index contributed by atoms with van der Waals surface area (Å²) in [4.78, 5) is 14.2. The van der Waals surface area contributed by atoms with Gasteiger partial charge in [0, 0.05) is 6.54 Å². The predicted octanol–water partition coefficient (Wildman–Crippen LogP) is 3.03. The van der Waals surface area contributed by atoms with E-state index in [0.717, 1.165) is 25.9 Å². The van der Waals surface area contributed by atoms with Crippen LogP contribution >= 0.6 is 12.4 Å². The third-order valence-corrected chi connectivity index (χ3v) is 3.40. The van der Waals surface area contributed by atoms with Gasteiger partial charge < -0.3 is 4.74 Å². The van der Waals surface area contributed by atoms with Gasteiger partial charge in [-0.25, -0.2) is 0 Å². The molecule has 2 rings (SSSR count). The molecule has 0 amide bonds. The maximum atomic E-state index is 11.9. The molecule has 1 saturated heterocycles. The van der Waals surface area contributed by atoms with Crippen molar-refractivity contribution in [3.05, 3.63) is 35.9 Å². The Labute approximate surface area is 121 Å². The molecule has 0 aliphatic carbocycles. The van der Waals surface area contributed by atoms with Gasteiger partial charge in [0.1, 0.15) is 6.04 Å². The summed E-state index contributed by atoms with van der Waals surface area (Å²) in [6.07, 6.45) is 3.21. The van der Waals surface area contributed by atoms with Crippen molar-refractivity contribution in [1.29, 1.82) is 0 Å². The second-order valence-corrected chi connectivity index (χ2v) is 4.72. The zero-order valence-corrected chi connectivity index (χ0v) is 12.2. The minimum Gasteiger partial charge on any atom is -0.465 e. The van der Waals surface area contributed by atoms with E-state index in [9.17, 15) is 4.79 Å². The van der Waals surface area contributed by atoms with Gasteiger partial charge in [0.2, 0.25) is 0 Å². The van der Waals surface area contributed by atoms with E-state index in [4.69, 9.17) is 4.74 Å². The summed E-state index contributed by atoms with van der Waals surface area (Å²) in [5.41, 5.74) is 1.26. The number of rotatable bonds is 4. The van der Waals surface area contributed by atoms with Crippen molar-refractivity contribution in [3.8, 4) is 0 Å². The van der Waals surface area contributed by atoms with Crippen LogP contribution in [0.4, 0.5) is 0 Å². The van der Waals surface area contributed by atoms with Crippen LogP contribution in [0, 0.1) is 0 Å². The van der Waals surface area contributed by atoms with E-state index in [1.54, 1.807) is 0 Å². The highest BCUT2D eigenvalue weighted by molar-refractivity contribution is 5.85. The van der Waals surface area contributed by atoms with Crippen molar-refractivity contribution in [1.82, 2.24) is 4.90 Å². The number of carbonyl (C=O) groups excluding carboxylic acids is 1. The van der Waals surface area contributed by atoms with E-state index in [2.05, 4.69) is 17.0 Å². The van der Waals surface area contributed by atoms with Gasteiger partial charge in [0.15, 0.2) is 0 Å². The van der Waals surface area contributed by atoms with Gasteiger partial charge in [-0.3, -0.25) is 9.69 Å². The van der Waals surface area contributed by atoms with Crippen molar-refractivity contribution in [2.45, 2.75) is 38.8 Å². The predicted molar refractivity (Wildman–Crippen MR) is 78.4 cm³/mol. The number of likely N-dealkylation sites (tertiary alicyclic amines) is 1. The number of piperidine rings is 1. The Bertz CT molecular complexity index is 383. The lowest BCUT2D eigenvalue weighted by molar-refractivity contribution is -0.151. The monoisotopic (exact) mass is 283 g/mol. The summed E-state index contributed by atoms with van der Waals surface area (Å²) < 4.78 is 5.17. The standard InChI is InChI=1S/C15H21NO2.ClH/c1-2-18-15(17)14-10-6-7-11-16(14)12-13-8-4-3-5-9-13;/h3-5,8-9,14H,2,6-7,10-12H2,1H3;1H. The number of halogens is 1. The van der Waals surface area contributed by atoms with E-state index >= 15 is 0 Å². The van der Waals surface area contributed by atoms with Crippen molar-refractivity contribution in [2.75, 3.05) is 13.2 Å². The highest BCUT2D eigenvalue weighted by Gasteiger charge is 2.29. The van der Waals surface area contributed by atoms with Crippen LogP contribution in [0.2, 0.25) is 0 Å². The molecule has 4 heteroatoms. The number of esters is 1. The van der Waals surface area contributed by atoms with Crippen LogP contribution in [-0.2, 0) is 16.1 Å². The van der Waals surface area contributed by atoms with Gasteiger partial charge >= 0.3 is 5.97 Å². The Morgan fingerprint density at radius 2 is 2.05 bits per heavy atom. The quantitative estimate of drug-likeness (QED) is 0.796. The number of hydrogen-bond acceptors (Lipinski definition) is 3. The van der Waals surface area contributed by atoms with Crippen LogP contribution in [0.1, 0.15) is 31.7 Å². The average molecular weight is 284 g/mol. The van der Waals surface area contributed by atoms with E-state index < -0.39 is 0 Å². The summed E-state index contributed by atoms with van der Waals surface area (Å²) in [6, 6.07) is 10.3. The van der Waals surface area contributed by atoms with Crippen molar-refractivity contribution in [3.63, 3.8) is 0 Å². The molecule has 1 heterocycles. The van der Waals surface area contributed by atoms with E-state index in [0.29, 0.717) is 6.61 Å².